The monoisotopic (exact) mass is 744 g/mol. The lowest BCUT2D eigenvalue weighted by molar-refractivity contribution is -0.143. The molecule has 2 heterocycles. The van der Waals surface area contributed by atoms with Crippen molar-refractivity contribution in [1.82, 2.24) is 19.5 Å². The van der Waals surface area contributed by atoms with Gasteiger partial charge in [0.25, 0.3) is 0 Å². The maximum Gasteiger partial charge on any atom is 0.416 e. The molecule has 0 radical (unpaired) electrons. The third-order valence-electron chi connectivity index (χ3n) is 9.18. The molecule has 10 heteroatoms. The van der Waals surface area contributed by atoms with Gasteiger partial charge in [-0.1, -0.05) is 104 Å². The molecule has 6 aromatic carbocycles. The normalized spacial score (nSPS) is 11.8. The highest BCUT2D eigenvalue weighted by Gasteiger charge is 2.37. The van der Waals surface area contributed by atoms with Crippen molar-refractivity contribution in [1.29, 1.82) is 0 Å². The number of alkyl halides is 6. The van der Waals surface area contributed by atoms with E-state index in [1.54, 1.807) is 12.1 Å². The Bertz CT molecular complexity index is 2510. The first-order valence-electron chi connectivity index (χ1n) is 17.7. The van der Waals surface area contributed by atoms with Crippen molar-refractivity contribution in [3.05, 3.63) is 156 Å². The zero-order valence-electron chi connectivity index (χ0n) is 30.3. The molecular weight excluding hydrogens is 711 g/mol. The molecule has 4 nitrogen and oxygen atoms in total. The second kappa shape index (κ2) is 14.5. The van der Waals surface area contributed by atoms with Crippen LogP contribution in [0.5, 0.6) is 0 Å². The molecule has 276 valence electrons. The van der Waals surface area contributed by atoms with Crippen LogP contribution in [0.1, 0.15) is 36.1 Å². The van der Waals surface area contributed by atoms with Crippen molar-refractivity contribution in [2.45, 2.75) is 40.0 Å². The van der Waals surface area contributed by atoms with E-state index in [1.165, 1.54) is 6.07 Å². The first-order chi connectivity index (χ1) is 26.3. The number of aromatic nitrogens is 4. The molecule has 8 aromatic rings. The van der Waals surface area contributed by atoms with Gasteiger partial charge in [-0.05, 0) is 79.6 Å². The molecule has 0 saturated heterocycles. The molecule has 0 N–H and O–H groups in total. The van der Waals surface area contributed by atoms with Crippen LogP contribution < -0.4 is 0 Å². The van der Waals surface area contributed by atoms with Crippen molar-refractivity contribution in [3.8, 4) is 51.0 Å². The van der Waals surface area contributed by atoms with E-state index in [9.17, 15) is 26.3 Å². The molecule has 2 aromatic heterocycles. The molecule has 55 heavy (non-hydrogen) atoms. The molecule has 0 aliphatic rings. The minimum absolute atomic E-state index is 0.0768. The van der Waals surface area contributed by atoms with E-state index in [0.717, 1.165) is 45.1 Å². The molecule has 0 unspecified atom stereocenters. The number of fused-ring (bicyclic) bond motifs is 3. The lowest BCUT2D eigenvalue weighted by Crippen LogP contribution is -2.11. The summed E-state index contributed by atoms with van der Waals surface area (Å²) in [5.74, 6) is 0.648. The van der Waals surface area contributed by atoms with Crippen LogP contribution in [0.4, 0.5) is 26.3 Å². The van der Waals surface area contributed by atoms with Crippen LogP contribution >= 0.6 is 0 Å². The second-order valence-electron chi connectivity index (χ2n) is 12.9. The Kier molecular flexibility index (Phi) is 9.77. The smallest absolute Gasteiger partial charge is 0.309 e. The maximum absolute atomic E-state index is 14.2. The van der Waals surface area contributed by atoms with Crippen molar-refractivity contribution < 1.29 is 26.3 Å². The summed E-state index contributed by atoms with van der Waals surface area (Å²) in [6.45, 7) is 8.01. The first kappa shape index (κ1) is 37.0. The predicted molar refractivity (Wildman–Crippen MR) is 207 cm³/mol. The van der Waals surface area contributed by atoms with Crippen LogP contribution in [0.3, 0.4) is 0 Å². The lowest BCUT2D eigenvalue weighted by atomic mass is 9.94. The van der Waals surface area contributed by atoms with Crippen LogP contribution in [0.25, 0.3) is 72.8 Å². The highest BCUT2D eigenvalue weighted by atomic mass is 19.4. The molecule has 0 fully saturated rings. The van der Waals surface area contributed by atoms with Gasteiger partial charge >= 0.3 is 12.4 Å². The molecule has 0 amide bonds. The van der Waals surface area contributed by atoms with Gasteiger partial charge in [-0.3, -0.25) is 0 Å². The number of rotatable bonds is 5. The zero-order valence-corrected chi connectivity index (χ0v) is 30.3. The van der Waals surface area contributed by atoms with Crippen LogP contribution in [0.15, 0.2) is 133 Å². The number of hydrogen-bond donors (Lipinski definition) is 0. The summed E-state index contributed by atoms with van der Waals surface area (Å²) in [6, 6.07) is 36.9. The Labute approximate surface area is 313 Å². The molecule has 0 aliphatic heterocycles. The van der Waals surface area contributed by atoms with Gasteiger partial charge < -0.3 is 4.57 Å². The number of hydrogen-bond acceptors (Lipinski definition) is 3. The van der Waals surface area contributed by atoms with Crippen LogP contribution in [0.2, 0.25) is 0 Å². The van der Waals surface area contributed by atoms with E-state index in [1.807, 2.05) is 117 Å². The third-order valence-corrected chi connectivity index (χ3v) is 9.18. The zero-order chi connectivity index (χ0) is 39.1. The third kappa shape index (κ3) is 7.32. The Balaban J connectivity index is 0.00000229. The largest absolute Gasteiger partial charge is 0.416 e. The summed E-state index contributed by atoms with van der Waals surface area (Å²) in [4.78, 5) is 14.4. The fraction of sp³-hybridized carbons (Fsp3) is 0.133. The minimum atomic E-state index is -5.04. The van der Waals surface area contributed by atoms with E-state index in [-0.39, 0.29) is 40.2 Å². The topological polar surface area (TPSA) is 43.6 Å². The fourth-order valence-electron chi connectivity index (χ4n) is 6.68. The van der Waals surface area contributed by atoms with Crippen molar-refractivity contribution in [2.24, 2.45) is 0 Å². The molecular formula is C45H34F6N4. The van der Waals surface area contributed by atoms with E-state index < -0.39 is 23.5 Å². The lowest BCUT2D eigenvalue weighted by Gasteiger charge is -2.18. The van der Waals surface area contributed by atoms with Crippen LogP contribution in [-0.2, 0) is 12.4 Å². The van der Waals surface area contributed by atoms with Gasteiger partial charge in [0.15, 0.2) is 17.5 Å². The summed E-state index contributed by atoms with van der Waals surface area (Å²) in [6.07, 6.45) is -10.1. The van der Waals surface area contributed by atoms with Gasteiger partial charge in [-0.25, -0.2) is 15.0 Å². The van der Waals surface area contributed by atoms with Crippen molar-refractivity contribution >= 4 is 21.8 Å². The Morgan fingerprint density at radius 3 is 1.35 bits per heavy atom. The minimum Gasteiger partial charge on any atom is -0.309 e. The number of benzene rings is 6. The molecule has 0 atom stereocenters. The highest BCUT2D eigenvalue weighted by Crippen LogP contribution is 2.42. The molecule has 0 bridgehead atoms. The molecule has 0 saturated carbocycles. The van der Waals surface area contributed by atoms with Gasteiger partial charge in [-0.15, -0.1) is 0 Å². The SMILES string of the molecule is CC.Cc1ccc2c(c1)c1cc(C)ccc1n2-c1ccc(-c2cc(C(F)(F)F)cc(C(F)(F)F)c2)c(-c2nc(-c3ccccc3)nc(-c3ccccc3)n2)c1. The summed E-state index contributed by atoms with van der Waals surface area (Å²) in [7, 11) is 0. The van der Waals surface area contributed by atoms with Crippen LogP contribution in [-0.4, -0.2) is 19.5 Å². The van der Waals surface area contributed by atoms with Gasteiger partial charge in [0.05, 0.1) is 22.2 Å². The summed E-state index contributed by atoms with van der Waals surface area (Å²) in [5.41, 5.74) is 2.97. The van der Waals surface area contributed by atoms with E-state index in [2.05, 4.69) is 12.1 Å². The summed E-state index contributed by atoms with van der Waals surface area (Å²) >= 11 is 0. The van der Waals surface area contributed by atoms with Gasteiger partial charge in [0, 0.05) is 33.2 Å². The first-order valence-corrected chi connectivity index (χ1v) is 17.7. The maximum atomic E-state index is 14.2. The van der Waals surface area contributed by atoms with Gasteiger partial charge in [-0.2, -0.15) is 26.3 Å². The second-order valence-corrected chi connectivity index (χ2v) is 12.9. The Morgan fingerprint density at radius 1 is 0.436 bits per heavy atom. The Hall–Kier alpha value is -6.29. The average molecular weight is 745 g/mol. The average Bonchev–Trinajstić information content (AvgIpc) is 3.50. The summed E-state index contributed by atoms with van der Waals surface area (Å²) in [5, 5.41) is 2.00. The molecule has 0 spiro atoms. The van der Waals surface area contributed by atoms with Crippen molar-refractivity contribution in [3.63, 3.8) is 0 Å². The van der Waals surface area contributed by atoms with E-state index in [4.69, 9.17) is 15.0 Å². The highest BCUT2D eigenvalue weighted by molar-refractivity contribution is 6.10. The molecule has 0 aliphatic carbocycles. The van der Waals surface area contributed by atoms with E-state index >= 15 is 0 Å². The number of nitrogens with zero attached hydrogens (tertiary/aromatic N) is 4. The van der Waals surface area contributed by atoms with E-state index in [0.29, 0.717) is 16.8 Å². The van der Waals surface area contributed by atoms with Gasteiger partial charge in [0.1, 0.15) is 0 Å². The van der Waals surface area contributed by atoms with Gasteiger partial charge in [0.2, 0.25) is 0 Å². The summed E-state index contributed by atoms with van der Waals surface area (Å²) < 4.78 is 87.0. The predicted octanol–water partition coefficient (Wildman–Crippen LogP) is 13.3. The van der Waals surface area contributed by atoms with Crippen molar-refractivity contribution in [2.75, 3.05) is 0 Å². The fourth-order valence-corrected chi connectivity index (χ4v) is 6.68. The number of aryl methyl sites for hydroxylation is 2. The standard InChI is InChI=1S/C43H28F6N4.C2H6/c1-25-13-17-37-34(19-25)35-20-26(2)14-18-38(35)53(37)32-15-16-33(29-21-30(42(44,45)46)23-31(22-29)43(47,48)49)36(24-32)41-51-39(27-9-5-3-6-10-27)50-40(52-41)28-11-7-4-8-12-28;1-2/h3-24H,1-2H3;1-2H3. The quantitative estimate of drug-likeness (QED) is 0.165. The van der Waals surface area contributed by atoms with Crippen LogP contribution in [0, 0.1) is 13.8 Å². The number of halogens is 6. The molecule has 8 rings (SSSR count). The Morgan fingerprint density at radius 2 is 0.891 bits per heavy atom.